The van der Waals surface area contributed by atoms with Crippen LogP contribution in [0.15, 0.2) is 30.6 Å². The highest BCUT2D eigenvalue weighted by Gasteiger charge is 2.38. The zero-order chi connectivity index (χ0) is 18.8. The van der Waals surface area contributed by atoms with E-state index in [1.807, 2.05) is 18.2 Å². The summed E-state index contributed by atoms with van der Waals surface area (Å²) in [5.41, 5.74) is 1.16. The fraction of sp³-hybridized carbons (Fsp3) is 0.579. The van der Waals surface area contributed by atoms with Crippen molar-refractivity contribution in [3.63, 3.8) is 0 Å². The van der Waals surface area contributed by atoms with Crippen molar-refractivity contribution in [1.29, 1.82) is 0 Å². The van der Waals surface area contributed by atoms with Crippen LogP contribution in [-0.4, -0.2) is 52.3 Å². The number of hydrogen-bond donors (Lipinski definition) is 1. The molecule has 6 nitrogen and oxygen atoms in total. The molecule has 0 saturated carbocycles. The topological polar surface area (TPSA) is 55.2 Å². The van der Waals surface area contributed by atoms with Gasteiger partial charge in [0.05, 0.1) is 7.11 Å². The maximum atomic E-state index is 13.5. The lowest BCUT2D eigenvalue weighted by Gasteiger charge is -2.40. The smallest absolute Gasteiger partial charge is 0.260 e. The molecule has 146 valence electrons. The van der Waals surface area contributed by atoms with Gasteiger partial charge in [0.2, 0.25) is 5.95 Å². The van der Waals surface area contributed by atoms with Crippen molar-refractivity contribution in [3.8, 4) is 5.75 Å². The lowest BCUT2D eigenvalue weighted by atomic mass is 9.86. The van der Waals surface area contributed by atoms with Crippen molar-refractivity contribution >= 4 is 5.95 Å². The van der Waals surface area contributed by atoms with Crippen molar-refractivity contribution in [3.05, 3.63) is 36.2 Å². The van der Waals surface area contributed by atoms with E-state index in [1.54, 1.807) is 7.11 Å². The van der Waals surface area contributed by atoms with Crippen LogP contribution in [0.2, 0.25) is 0 Å². The second-order valence-electron chi connectivity index (χ2n) is 7.37. The summed E-state index contributed by atoms with van der Waals surface area (Å²) >= 11 is 0. The number of aromatic nitrogens is 3. The van der Waals surface area contributed by atoms with E-state index in [9.17, 15) is 8.78 Å². The summed E-state index contributed by atoms with van der Waals surface area (Å²) in [6, 6.07) is 7.12. The second-order valence-corrected chi connectivity index (χ2v) is 7.37. The van der Waals surface area contributed by atoms with Crippen LogP contribution in [0.25, 0.3) is 0 Å². The summed E-state index contributed by atoms with van der Waals surface area (Å²) in [5.74, 6) is 1.65. The van der Waals surface area contributed by atoms with Crippen LogP contribution in [0, 0.1) is 5.92 Å². The quantitative estimate of drug-likeness (QED) is 0.867. The van der Waals surface area contributed by atoms with Gasteiger partial charge >= 0.3 is 0 Å². The van der Waals surface area contributed by atoms with Gasteiger partial charge in [0.25, 0.3) is 6.43 Å². The maximum Gasteiger partial charge on any atom is 0.260 e. The Morgan fingerprint density at radius 2 is 2.19 bits per heavy atom. The standard InChI is InChI=1S/C19H25F2N5O/c1-27-17-7-3-2-5-14(17)11-25-8-4-6-13(10-25)15-9-16(18(20)21)26-19(24-15)22-12-23-26/h2-3,5,7,12-13,15-16,18H,4,6,8-11H2,1H3,(H,22,23,24)/t13-,15-,16+/m0/s1. The van der Waals surface area contributed by atoms with Crippen molar-refractivity contribution in [1.82, 2.24) is 19.7 Å². The van der Waals surface area contributed by atoms with Gasteiger partial charge in [-0.05, 0) is 37.8 Å². The highest BCUT2D eigenvalue weighted by molar-refractivity contribution is 5.33. The number of likely N-dealkylation sites (tertiary alicyclic amines) is 1. The molecule has 0 amide bonds. The summed E-state index contributed by atoms with van der Waals surface area (Å²) in [7, 11) is 1.68. The van der Waals surface area contributed by atoms with Crippen LogP contribution in [0.5, 0.6) is 5.75 Å². The molecule has 1 aromatic carbocycles. The Bertz CT molecular complexity index is 768. The molecule has 2 aromatic rings. The number of hydrogen-bond acceptors (Lipinski definition) is 5. The molecular weight excluding hydrogens is 352 g/mol. The van der Waals surface area contributed by atoms with E-state index in [0.29, 0.717) is 18.3 Å². The lowest BCUT2D eigenvalue weighted by molar-refractivity contribution is 0.0550. The number of piperidine rings is 1. The third kappa shape index (κ3) is 3.76. The predicted octanol–water partition coefficient (Wildman–Crippen LogP) is 3.19. The molecule has 3 heterocycles. The molecule has 3 atom stereocenters. The molecule has 8 heteroatoms. The zero-order valence-electron chi connectivity index (χ0n) is 15.4. The molecule has 0 bridgehead atoms. The van der Waals surface area contributed by atoms with Gasteiger partial charge in [-0.1, -0.05) is 18.2 Å². The van der Waals surface area contributed by atoms with Gasteiger partial charge in [-0.25, -0.2) is 13.5 Å². The van der Waals surface area contributed by atoms with Gasteiger partial charge in [-0.3, -0.25) is 4.90 Å². The summed E-state index contributed by atoms with van der Waals surface area (Å²) in [6.45, 7) is 2.69. The van der Waals surface area contributed by atoms with Gasteiger partial charge in [0, 0.05) is 24.7 Å². The summed E-state index contributed by atoms with van der Waals surface area (Å²) in [4.78, 5) is 6.51. The van der Waals surface area contributed by atoms with Crippen LogP contribution in [-0.2, 0) is 6.54 Å². The van der Waals surface area contributed by atoms with Gasteiger partial charge in [-0.15, -0.1) is 0 Å². The van der Waals surface area contributed by atoms with Crippen LogP contribution in [0.3, 0.4) is 0 Å². The highest BCUT2D eigenvalue weighted by Crippen LogP contribution is 2.35. The molecule has 1 fully saturated rings. The number of ether oxygens (including phenoxy) is 1. The molecule has 0 aliphatic carbocycles. The molecule has 2 aliphatic rings. The number of methoxy groups -OCH3 is 1. The molecule has 1 saturated heterocycles. The normalized spacial score (nSPS) is 25.9. The predicted molar refractivity (Wildman–Crippen MR) is 98.1 cm³/mol. The number of nitrogens with zero attached hydrogens (tertiary/aromatic N) is 4. The van der Waals surface area contributed by atoms with Crippen molar-refractivity contribution in [2.24, 2.45) is 5.92 Å². The number of alkyl halides is 2. The van der Waals surface area contributed by atoms with Crippen LogP contribution in [0.1, 0.15) is 30.9 Å². The van der Waals surface area contributed by atoms with Gasteiger partial charge in [0.15, 0.2) is 0 Å². The number of benzene rings is 1. The van der Waals surface area contributed by atoms with Gasteiger partial charge in [0.1, 0.15) is 18.1 Å². The number of rotatable bonds is 5. The van der Waals surface area contributed by atoms with E-state index in [4.69, 9.17) is 4.74 Å². The Morgan fingerprint density at radius 1 is 1.33 bits per heavy atom. The molecule has 1 N–H and O–H groups in total. The molecule has 4 rings (SSSR count). The first-order valence-corrected chi connectivity index (χ1v) is 9.44. The van der Waals surface area contributed by atoms with Crippen LogP contribution < -0.4 is 10.1 Å². The van der Waals surface area contributed by atoms with Gasteiger partial charge < -0.3 is 10.1 Å². The van der Waals surface area contributed by atoms with Crippen molar-refractivity contribution in [2.75, 3.05) is 25.5 Å². The van der Waals surface area contributed by atoms with Crippen molar-refractivity contribution < 1.29 is 13.5 Å². The first-order chi connectivity index (χ1) is 13.2. The monoisotopic (exact) mass is 377 g/mol. The molecule has 0 spiro atoms. The Balaban J connectivity index is 1.45. The molecule has 0 unspecified atom stereocenters. The molecule has 2 aliphatic heterocycles. The Labute approximate surface area is 157 Å². The zero-order valence-corrected chi connectivity index (χ0v) is 15.4. The second kappa shape index (κ2) is 7.80. The van der Waals surface area contributed by atoms with Crippen LogP contribution in [0.4, 0.5) is 14.7 Å². The number of para-hydroxylation sites is 1. The van der Waals surface area contributed by atoms with Gasteiger partial charge in [-0.2, -0.15) is 10.1 Å². The average molecular weight is 377 g/mol. The number of halogens is 2. The third-order valence-electron chi connectivity index (χ3n) is 5.69. The fourth-order valence-electron chi connectivity index (χ4n) is 4.34. The Hall–Kier alpha value is -2.22. The first-order valence-electron chi connectivity index (χ1n) is 9.44. The average Bonchev–Trinajstić information content (AvgIpc) is 3.16. The van der Waals surface area contributed by atoms with Crippen LogP contribution >= 0.6 is 0 Å². The van der Waals surface area contributed by atoms with E-state index in [2.05, 4.69) is 26.4 Å². The molecule has 1 aromatic heterocycles. The molecular formula is C19H25F2N5O. The Kier molecular flexibility index (Phi) is 5.24. The summed E-state index contributed by atoms with van der Waals surface area (Å²) in [5, 5.41) is 7.31. The van der Waals surface area contributed by atoms with E-state index < -0.39 is 12.5 Å². The highest BCUT2D eigenvalue weighted by atomic mass is 19.3. The number of nitrogens with one attached hydrogen (secondary N) is 1. The fourth-order valence-corrected chi connectivity index (χ4v) is 4.34. The third-order valence-corrected chi connectivity index (χ3v) is 5.69. The summed E-state index contributed by atoms with van der Waals surface area (Å²) < 4.78 is 33.8. The minimum atomic E-state index is -2.44. The van der Waals surface area contributed by atoms with E-state index in [-0.39, 0.29) is 6.04 Å². The SMILES string of the molecule is COc1ccccc1CN1CCC[C@H]([C@@H]2C[C@H](C(F)F)n3ncnc3N2)C1. The molecule has 0 radical (unpaired) electrons. The van der Waals surface area contributed by atoms with E-state index in [0.717, 1.165) is 43.8 Å². The minimum Gasteiger partial charge on any atom is -0.496 e. The van der Waals surface area contributed by atoms with E-state index >= 15 is 0 Å². The minimum absolute atomic E-state index is 0.0128. The maximum absolute atomic E-state index is 13.5. The Morgan fingerprint density at radius 3 is 3.00 bits per heavy atom. The largest absolute Gasteiger partial charge is 0.496 e. The first kappa shape index (κ1) is 18.2. The summed E-state index contributed by atoms with van der Waals surface area (Å²) in [6.07, 6.45) is 1.37. The lowest BCUT2D eigenvalue weighted by Crippen LogP contribution is -2.46. The van der Waals surface area contributed by atoms with Crippen molar-refractivity contribution in [2.45, 2.75) is 44.3 Å². The van der Waals surface area contributed by atoms with E-state index in [1.165, 1.54) is 11.0 Å². The number of fused-ring (bicyclic) bond motifs is 1. The number of anilines is 1. The molecule has 27 heavy (non-hydrogen) atoms.